The number of ketones is 1. The van der Waals surface area contributed by atoms with Crippen molar-refractivity contribution in [3.8, 4) is 0 Å². The lowest BCUT2D eigenvalue weighted by molar-refractivity contribution is -0.117. The molecule has 122 valence electrons. The number of nitrogens with zero attached hydrogens (tertiary/aromatic N) is 1. The molecule has 0 unspecified atom stereocenters. The van der Waals surface area contributed by atoms with Crippen molar-refractivity contribution in [2.45, 2.75) is 77.4 Å². The van der Waals surface area contributed by atoms with Crippen LogP contribution in [0, 0.1) is 0 Å². The van der Waals surface area contributed by atoms with Gasteiger partial charge in [0.15, 0.2) is 0 Å². The lowest BCUT2D eigenvalue weighted by Gasteiger charge is -2.35. The van der Waals surface area contributed by atoms with Gasteiger partial charge in [-0.2, -0.15) is 0 Å². The predicted octanol–water partition coefficient (Wildman–Crippen LogP) is 2.86. The third-order valence-corrected chi connectivity index (χ3v) is 3.73. The topological polar surface area (TPSA) is 72.6 Å². The zero-order valence-corrected chi connectivity index (χ0v) is 13.7. The summed E-state index contributed by atoms with van der Waals surface area (Å²) < 4.78 is 5.51. The van der Waals surface area contributed by atoms with Gasteiger partial charge in [-0.15, -0.1) is 0 Å². The molecule has 0 aromatic heterocycles. The summed E-state index contributed by atoms with van der Waals surface area (Å²) >= 11 is 0. The molecule has 1 fully saturated rings. The van der Waals surface area contributed by atoms with Gasteiger partial charge in [-0.3, -0.25) is 4.79 Å². The van der Waals surface area contributed by atoms with Crippen molar-refractivity contribution in [1.82, 2.24) is 4.90 Å². The monoisotopic (exact) mass is 298 g/mol. The lowest BCUT2D eigenvalue weighted by atomic mass is 9.94. The number of carbonyl (C=O) groups excluding carboxylic acids is 2. The van der Waals surface area contributed by atoms with Crippen molar-refractivity contribution < 1.29 is 14.3 Å². The average Bonchev–Trinajstić information content (AvgIpc) is 2.42. The normalized spacial score (nSPS) is 16.6. The molecule has 1 amide bonds. The van der Waals surface area contributed by atoms with Gasteiger partial charge in [0, 0.05) is 19.0 Å². The molecule has 0 aliphatic heterocycles. The number of nitrogens with two attached hydrogens (primary N) is 1. The van der Waals surface area contributed by atoms with Crippen molar-refractivity contribution >= 4 is 11.9 Å². The van der Waals surface area contributed by atoms with Gasteiger partial charge in [0.1, 0.15) is 11.4 Å². The number of amides is 1. The third-order valence-electron chi connectivity index (χ3n) is 3.73. The second kappa shape index (κ2) is 8.37. The Hall–Kier alpha value is -1.10. The smallest absolute Gasteiger partial charge is 0.410 e. The molecule has 2 N–H and O–H groups in total. The van der Waals surface area contributed by atoms with Crippen LogP contribution in [0.4, 0.5) is 4.79 Å². The van der Waals surface area contributed by atoms with Crippen LogP contribution >= 0.6 is 0 Å². The Morgan fingerprint density at radius 2 is 1.81 bits per heavy atom. The third kappa shape index (κ3) is 6.93. The molecule has 0 spiro atoms. The van der Waals surface area contributed by atoms with E-state index >= 15 is 0 Å². The molecule has 0 saturated heterocycles. The fourth-order valence-corrected chi connectivity index (χ4v) is 2.68. The number of ether oxygens (including phenoxy) is 1. The Morgan fingerprint density at radius 3 is 2.33 bits per heavy atom. The van der Waals surface area contributed by atoms with E-state index in [1.54, 1.807) is 0 Å². The van der Waals surface area contributed by atoms with Crippen molar-refractivity contribution in [2.24, 2.45) is 5.73 Å². The fourth-order valence-electron chi connectivity index (χ4n) is 2.68. The van der Waals surface area contributed by atoms with E-state index in [1.807, 2.05) is 25.7 Å². The van der Waals surface area contributed by atoms with E-state index in [-0.39, 0.29) is 24.5 Å². The maximum absolute atomic E-state index is 12.4. The van der Waals surface area contributed by atoms with Crippen molar-refractivity contribution in [1.29, 1.82) is 0 Å². The van der Waals surface area contributed by atoms with Crippen LogP contribution in [0.3, 0.4) is 0 Å². The van der Waals surface area contributed by atoms with Crippen LogP contribution in [0.1, 0.15) is 65.7 Å². The minimum absolute atomic E-state index is 0.0442. The van der Waals surface area contributed by atoms with Gasteiger partial charge in [0.2, 0.25) is 0 Å². The Kier molecular flexibility index (Phi) is 7.15. The molecule has 0 heterocycles. The van der Waals surface area contributed by atoms with Gasteiger partial charge in [0.05, 0.1) is 6.54 Å². The molecule has 0 bridgehead atoms. The molecule has 1 aliphatic rings. The summed E-state index contributed by atoms with van der Waals surface area (Å²) in [6.07, 6.45) is 6.46. The van der Waals surface area contributed by atoms with E-state index in [1.165, 1.54) is 6.42 Å². The quantitative estimate of drug-likeness (QED) is 0.818. The van der Waals surface area contributed by atoms with Crippen LogP contribution in [0.25, 0.3) is 0 Å². The highest BCUT2D eigenvalue weighted by Gasteiger charge is 2.29. The number of hydrogen-bond acceptors (Lipinski definition) is 4. The SMILES string of the molecule is CC(C)(C)OC(=O)N(CCCC(=O)CN)C1CCCCC1. The summed E-state index contributed by atoms with van der Waals surface area (Å²) in [5, 5.41) is 0. The number of carbonyl (C=O) groups is 2. The van der Waals surface area contributed by atoms with Gasteiger partial charge in [0.25, 0.3) is 0 Å². The van der Waals surface area contributed by atoms with Gasteiger partial charge in [-0.05, 0) is 40.0 Å². The molecule has 5 nitrogen and oxygen atoms in total. The van der Waals surface area contributed by atoms with Crippen molar-refractivity contribution in [3.63, 3.8) is 0 Å². The molecule has 0 radical (unpaired) electrons. The number of hydrogen-bond donors (Lipinski definition) is 1. The first-order valence-electron chi connectivity index (χ1n) is 8.05. The molecular weight excluding hydrogens is 268 g/mol. The standard InChI is InChI=1S/C16H30N2O3/c1-16(2,3)21-15(20)18(11-7-10-14(19)12-17)13-8-5-4-6-9-13/h13H,4-12,17H2,1-3H3. The summed E-state index contributed by atoms with van der Waals surface area (Å²) in [7, 11) is 0. The van der Waals surface area contributed by atoms with Gasteiger partial charge in [-0.25, -0.2) is 4.79 Å². The molecule has 1 saturated carbocycles. The average molecular weight is 298 g/mol. The molecule has 1 aliphatic carbocycles. The summed E-state index contributed by atoms with van der Waals surface area (Å²) in [5.74, 6) is 0.0442. The molecule has 1 rings (SSSR count). The molecular formula is C16H30N2O3. The van der Waals surface area contributed by atoms with Gasteiger partial charge < -0.3 is 15.4 Å². The van der Waals surface area contributed by atoms with E-state index in [0.29, 0.717) is 19.4 Å². The molecule has 5 heteroatoms. The first-order chi connectivity index (χ1) is 9.83. The number of rotatable bonds is 6. The largest absolute Gasteiger partial charge is 0.444 e. The first kappa shape index (κ1) is 18.0. The first-order valence-corrected chi connectivity index (χ1v) is 8.05. The van der Waals surface area contributed by atoms with Crippen LogP contribution in [-0.2, 0) is 9.53 Å². The van der Waals surface area contributed by atoms with Crippen LogP contribution in [0.2, 0.25) is 0 Å². The lowest BCUT2D eigenvalue weighted by Crippen LogP contribution is -2.44. The molecule has 21 heavy (non-hydrogen) atoms. The zero-order chi connectivity index (χ0) is 15.9. The van der Waals surface area contributed by atoms with E-state index in [0.717, 1.165) is 25.7 Å². The van der Waals surface area contributed by atoms with Gasteiger partial charge in [-0.1, -0.05) is 19.3 Å². The van der Waals surface area contributed by atoms with Crippen molar-refractivity contribution in [2.75, 3.05) is 13.1 Å². The zero-order valence-electron chi connectivity index (χ0n) is 13.7. The summed E-state index contributed by atoms with van der Waals surface area (Å²) in [6, 6.07) is 0.251. The van der Waals surface area contributed by atoms with Crippen LogP contribution < -0.4 is 5.73 Å². The van der Waals surface area contributed by atoms with Crippen LogP contribution in [0.15, 0.2) is 0 Å². The van der Waals surface area contributed by atoms with E-state index < -0.39 is 5.60 Å². The van der Waals surface area contributed by atoms with Crippen LogP contribution in [-0.4, -0.2) is 41.5 Å². The summed E-state index contributed by atoms with van der Waals surface area (Å²) in [4.78, 5) is 25.5. The Bertz CT molecular complexity index is 344. The van der Waals surface area contributed by atoms with E-state index in [2.05, 4.69) is 0 Å². The Labute approximate surface area is 128 Å². The van der Waals surface area contributed by atoms with Crippen molar-refractivity contribution in [3.05, 3.63) is 0 Å². The minimum Gasteiger partial charge on any atom is -0.444 e. The Balaban J connectivity index is 2.60. The highest BCUT2D eigenvalue weighted by Crippen LogP contribution is 2.24. The maximum atomic E-state index is 12.4. The maximum Gasteiger partial charge on any atom is 0.410 e. The highest BCUT2D eigenvalue weighted by molar-refractivity contribution is 5.80. The molecule has 0 aromatic rings. The molecule has 0 aromatic carbocycles. The molecule has 0 atom stereocenters. The Morgan fingerprint density at radius 1 is 1.19 bits per heavy atom. The van der Waals surface area contributed by atoms with Crippen LogP contribution in [0.5, 0.6) is 0 Å². The second-order valence-corrected chi connectivity index (χ2v) is 6.81. The number of Topliss-reactive ketones (excluding diaryl/α,β-unsaturated/α-hetero) is 1. The van der Waals surface area contributed by atoms with Gasteiger partial charge >= 0.3 is 6.09 Å². The second-order valence-electron chi connectivity index (χ2n) is 6.81. The predicted molar refractivity (Wildman–Crippen MR) is 83.1 cm³/mol. The highest BCUT2D eigenvalue weighted by atomic mass is 16.6. The van der Waals surface area contributed by atoms with E-state index in [9.17, 15) is 9.59 Å². The fraction of sp³-hybridized carbons (Fsp3) is 0.875. The van der Waals surface area contributed by atoms with E-state index in [4.69, 9.17) is 10.5 Å². The minimum atomic E-state index is -0.489. The summed E-state index contributed by atoms with van der Waals surface area (Å²) in [6.45, 7) is 6.28. The summed E-state index contributed by atoms with van der Waals surface area (Å²) in [5.41, 5.74) is 4.83.